The lowest BCUT2D eigenvalue weighted by atomic mass is 9.53. The Morgan fingerprint density at radius 3 is 2.43 bits per heavy atom. The maximum atomic E-state index is 16.0. The number of nitrogens with two attached hydrogens (primary N) is 2. The van der Waals surface area contributed by atoms with Crippen LogP contribution in [0, 0.1) is 11.2 Å². The number of carbonyl (C=O) groups is 3. The summed E-state index contributed by atoms with van der Waals surface area (Å²) in [6.45, 7) is 4.43. The van der Waals surface area contributed by atoms with Gasteiger partial charge in [0.25, 0.3) is 0 Å². The molecule has 4 heterocycles. The van der Waals surface area contributed by atoms with Crippen molar-refractivity contribution in [3.8, 4) is 0 Å². The second-order valence-corrected chi connectivity index (χ2v) is 13.6. The molecule has 3 aliphatic heterocycles. The molecule has 5 N–H and O–H groups in total. The number of nitrogens with one attached hydrogen (secondary N) is 1. The molecule has 1 saturated carbocycles. The molecule has 224 valence electrons. The number of anilines is 1. The zero-order valence-electron chi connectivity index (χ0n) is 23.5. The van der Waals surface area contributed by atoms with Crippen LogP contribution in [-0.4, -0.2) is 53.0 Å². The van der Waals surface area contributed by atoms with Gasteiger partial charge >= 0.3 is 0 Å². The minimum Gasteiger partial charge on any atom is -0.368 e. The van der Waals surface area contributed by atoms with E-state index in [0.29, 0.717) is 42.0 Å². The summed E-state index contributed by atoms with van der Waals surface area (Å²) in [5.41, 5.74) is 10.5. The van der Waals surface area contributed by atoms with Gasteiger partial charge in [0.2, 0.25) is 17.7 Å². The number of hydrogen-bond donors (Lipinski definition) is 3. The molecule has 1 aromatic heterocycles. The summed E-state index contributed by atoms with van der Waals surface area (Å²) < 4.78 is 21.8. The Kier molecular flexibility index (Phi) is 7.08. The van der Waals surface area contributed by atoms with E-state index in [1.54, 1.807) is 17.0 Å². The average Bonchev–Trinajstić information content (AvgIpc) is 3.38. The third-order valence-corrected chi connectivity index (χ3v) is 10.6. The first kappa shape index (κ1) is 29.3. The first-order valence-electron chi connectivity index (χ1n) is 14.2. The average molecular weight is 619 g/mol. The lowest BCUT2D eigenvalue weighted by Crippen LogP contribution is -2.63. The van der Waals surface area contributed by atoms with Gasteiger partial charge in [-0.25, -0.2) is 9.37 Å². The highest BCUT2D eigenvalue weighted by molar-refractivity contribution is 6.31. The molecule has 2 aromatic rings. The Labute approximate surface area is 253 Å². The second kappa shape index (κ2) is 10.1. The van der Waals surface area contributed by atoms with E-state index in [-0.39, 0.29) is 28.6 Å². The topological polar surface area (TPSA) is 141 Å². The number of hydrogen-bond acceptors (Lipinski definition) is 6. The maximum Gasteiger partial charge on any atom is 0.246 e. The summed E-state index contributed by atoms with van der Waals surface area (Å²) >= 11 is 12.7. The van der Waals surface area contributed by atoms with E-state index < -0.39 is 52.7 Å². The number of nitrogens with zero attached hydrogens (tertiary/aromatic N) is 2. The van der Waals surface area contributed by atoms with Gasteiger partial charge in [0.05, 0.1) is 18.7 Å². The molecule has 1 aromatic carbocycles. The standard InChI is InChI=1S/C30H34Cl2FN5O4/c1-28(2)8-10-29(11-9-28)30(21(23(37-29)26(35)40)17-7-12-36-24(32)22(17)33)18-5-3-15(31)13-19(18)38(27(30)41)16-4-6-20(25(34)39)42-14-16/h3,5,7,12-13,16,20-21,23,37H,4,6,8-11,14H2,1-2H3,(H2,34,39)(H2,35,40)/t16-,20+,21?,23?,30?/m1/s1. The zero-order chi connectivity index (χ0) is 30.2. The number of pyridine rings is 1. The summed E-state index contributed by atoms with van der Waals surface area (Å²) in [7, 11) is 0. The Bertz CT molecular complexity index is 1470. The Morgan fingerprint density at radius 1 is 1.10 bits per heavy atom. The predicted octanol–water partition coefficient (Wildman–Crippen LogP) is 3.72. The Hall–Kier alpha value is -2.79. The lowest BCUT2D eigenvalue weighted by molar-refractivity contribution is -0.133. The molecule has 3 fully saturated rings. The molecule has 12 heteroatoms. The molecule has 9 nitrogen and oxygen atoms in total. The number of carbonyl (C=O) groups excluding carboxylic acids is 3. The zero-order valence-corrected chi connectivity index (χ0v) is 25.0. The van der Waals surface area contributed by atoms with Crippen molar-refractivity contribution in [2.75, 3.05) is 11.5 Å². The van der Waals surface area contributed by atoms with Gasteiger partial charge in [-0.1, -0.05) is 43.1 Å². The van der Waals surface area contributed by atoms with Gasteiger partial charge in [0, 0.05) is 28.4 Å². The lowest BCUT2D eigenvalue weighted by Gasteiger charge is -2.51. The molecule has 2 spiro atoms. The Morgan fingerprint density at radius 2 is 1.81 bits per heavy atom. The van der Waals surface area contributed by atoms with Gasteiger partial charge in [-0.2, -0.15) is 0 Å². The number of rotatable bonds is 4. The van der Waals surface area contributed by atoms with Crippen LogP contribution < -0.4 is 21.7 Å². The molecule has 5 atom stereocenters. The summed E-state index contributed by atoms with van der Waals surface area (Å²) in [5.74, 6) is -3.37. The molecular formula is C30H34Cl2FN5O4. The van der Waals surface area contributed by atoms with E-state index in [2.05, 4.69) is 24.1 Å². The normalized spacial score (nSPS) is 31.5. The van der Waals surface area contributed by atoms with Crippen LogP contribution in [-0.2, 0) is 24.5 Å². The van der Waals surface area contributed by atoms with E-state index >= 15 is 9.18 Å². The van der Waals surface area contributed by atoms with Crippen LogP contribution in [0.3, 0.4) is 0 Å². The van der Waals surface area contributed by atoms with Crippen LogP contribution in [0.2, 0.25) is 10.2 Å². The third kappa shape index (κ3) is 4.17. The predicted molar refractivity (Wildman–Crippen MR) is 156 cm³/mol. The van der Waals surface area contributed by atoms with Crippen LogP contribution in [0.5, 0.6) is 0 Å². The van der Waals surface area contributed by atoms with Crippen LogP contribution in [0.25, 0.3) is 0 Å². The molecule has 0 bridgehead atoms. The van der Waals surface area contributed by atoms with Crippen LogP contribution in [0.1, 0.15) is 69.4 Å². The SMILES string of the molecule is CC1(C)CCC2(CC1)NC(C(N)=O)C(c1ccnc(Cl)c1F)C21C(=O)N([C@@H]2CC[C@@H](C(N)=O)OC2)c2cc(Cl)ccc21. The van der Waals surface area contributed by atoms with Gasteiger partial charge in [-0.15, -0.1) is 0 Å². The summed E-state index contributed by atoms with van der Waals surface area (Å²) in [5, 5.41) is 3.59. The molecule has 6 rings (SSSR count). The number of halogens is 3. The minimum atomic E-state index is -1.44. The van der Waals surface area contributed by atoms with Crippen LogP contribution >= 0.6 is 23.2 Å². The van der Waals surface area contributed by atoms with Crippen molar-refractivity contribution in [1.82, 2.24) is 10.3 Å². The van der Waals surface area contributed by atoms with Crippen molar-refractivity contribution in [2.45, 2.75) is 87.4 Å². The fraction of sp³-hybridized carbons (Fsp3) is 0.533. The Balaban J connectivity index is 1.61. The number of aromatic nitrogens is 1. The maximum absolute atomic E-state index is 16.0. The molecule has 3 unspecified atom stereocenters. The van der Waals surface area contributed by atoms with Crippen LogP contribution in [0.15, 0.2) is 30.5 Å². The molecule has 2 saturated heterocycles. The first-order chi connectivity index (χ1) is 19.8. The largest absolute Gasteiger partial charge is 0.368 e. The summed E-state index contributed by atoms with van der Waals surface area (Å²) in [6.07, 6.45) is 4.05. The van der Waals surface area contributed by atoms with Crippen LogP contribution in [0.4, 0.5) is 10.1 Å². The number of fused-ring (bicyclic) bond motifs is 3. The van der Waals surface area contributed by atoms with Gasteiger partial charge in [0.1, 0.15) is 11.5 Å². The van der Waals surface area contributed by atoms with Gasteiger partial charge < -0.3 is 21.1 Å². The fourth-order valence-electron chi connectivity index (χ4n) is 8.00. The molecule has 4 aliphatic rings. The minimum absolute atomic E-state index is 0.00476. The second-order valence-electron chi connectivity index (χ2n) is 12.9. The highest BCUT2D eigenvalue weighted by atomic mass is 35.5. The van der Waals surface area contributed by atoms with Gasteiger partial charge in [0.15, 0.2) is 11.0 Å². The molecular weight excluding hydrogens is 584 g/mol. The quantitative estimate of drug-likeness (QED) is 0.447. The number of ether oxygens (including phenoxy) is 1. The monoisotopic (exact) mass is 617 g/mol. The number of amides is 3. The van der Waals surface area contributed by atoms with Crippen molar-refractivity contribution in [3.05, 3.63) is 57.6 Å². The van der Waals surface area contributed by atoms with E-state index in [0.717, 1.165) is 12.8 Å². The fourth-order valence-corrected chi connectivity index (χ4v) is 8.33. The van der Waals surface area contributed by atoms with E-state index in [9.17, 15) is 9.59 Å². The summed E-state index contributed by atoms with van der Waals surface area (Å²) in [4.78, 5) is 46.0. The van der Waals surface area contributed by atoms with Crippen molar-refractivity contribution >= 4 is 46.6 Å². The smallest absolute Gasteiger partial charge is 0.246 e. The molecule has 1 aliphatic carbocycles. The van der Waals surface area contributed by atoms with Crippen molar-refractivity contribution < 1.29 is 23.5 Å². The van der Waals surface area contributed by atoms with Gasteiger partial charge in [-0.05, 0) is 73.3 Å². The third-order valence-electron chi connectivity index (χ3n) is 10.1. The molecule has 3 amide bonds. The number of primary amides is 2. The highest BCUT2D eigenvalue weighted by Crippen LogP contribution is 2.65. The molecule has 0 radical (unpaired) electrons. The van der Waals surface area contributed by atoms with Gasteiger partial charge in [-0.3, -0.25) is 19.7 Å². The van der Waals surface area contributed by atoms with Crippen molar-refractivity contribution in [3.63, 3.8) is 0 Å². The van der Waals surface area contributed by atoms with Crippen molar-refractivity contribution in [2.24, 2.45) is 16.9 Å². The highest BCUT2D eigenvalue weighted by Gasteiger charge is 2.74. The van der Waals surface area contributed by atoms with E-state index in [1.165, 1.54) is 12.3 Å². The number of benzene rings is 1. The van der Waals surface area contributed by atoms with E-state index in [1.807, 2.05) is 6.07 Å². The van der Waals surface area contributed by atoms with Crippen molar-refractivity contribution in [1.29, 1.82) is 0 Å². The first-order valence-corrected chi connectivity index (χ1v) is 15.0. The van der Waals surface area contributed by atoms with E-state index in [4.69, 9.17) is 39.4 Å². The summed E-state index contributed by atoms with van der Waals surface area (Å²) in [6, 6.07) is 5.21. The molecule has 42 heavy (non-hydrogen) atoms.